The average molecular weight is 507 g/mol. The van der Waals surface area contributed by atoms with Crippen molar-refractivity contribution in [1.29, 1.82) is 0 Å². The van der Waals surface area contributed by atoms with Crippen molar-refractivity contribution >= 4 is 18.5 Å². The van der Waals surface area contributed by atoms with Gasteiger partial charge in [0.05, 0.1) is 0 Å². The molecule has 29 heavy (non-hydrogen) atoms. The van der Waals surface area contributed by atoms with Crippen LogP contribution in [0.3, 0.4) is 0 Å². The summed E-state index contributed by atoms with van der Waals surface area (Å²) < 4.78 is 0. The summed E-state index contributed by atoms with van der Waals surface area (Å²) >= 11 is 0. The van der Waals surface area contributed by atoms with E-state index >= 15 is 0 Å². The molecule has 0 saturated heterocycles. The first kappa shape index (κ1) is 23.7. The third-order valence-electron chi connectivity index (χ3n) is 4.63. The van der Waals surface area contributed by atoms with Gasteiger partial charge in [-0.2, -0.15) is 0 Å². The number of rotatable bonds is 4. The molecule has 0 fully saturated rings. The van der Waals surface area contributed by atoms with Gasteiger partial charge in [0.2, 0.25) is 0 Å². The van der Waals surface area contributed by atoms with Crippen molar-refractivity contribution in [3.63, 3.8) is 0 Å². The number of benzene rings is 4. The van der Waals surface area contributed by atoms with Gasteiger partial charge in [-0.1, -0.05) is 121 Å². The third kappa shape index (κ3) is 7.30. The fraction of sp³-hybridized carbons (Fsp3) is 0.0769. The van der Waals surface area contributed by atoms with Gasteiger partial charge in [-0.05, 0) is 22.3 Å². The van der Waals surface area contributed by atoms with E-state index in [-0.39, 0.29) is 20.4 Å². The van der Waals surface area contributed by atoms with Crippen LogP contribution in [0.5, 0.6) is 0 Å². The van der Waals surface area contributed by atoms with Gasteiger partial charge < -0.3 is 0 Å². The average Bonchev–Trinajstić information content (AvgIpc) is 2.81. The van der Waals surface area contributed by atoms with Gasteiger partial charge in [0, 0.05) is 31.7 Å². The molecule has 2 unspecified atom stereocenters. The first-order chi connectivity index (χ1) is 13.8. The van der Waals surface area contributed by atoms with E-state index in [4.69, 9.17) is 0 Å². The Bertz CT molecular complexity index is 769. The molecule has 0 N–H and O–H groups in total. The van der Waals surface area contributed by atoms with Gasteiger partial charge in [0.15, 0.2) is 0 Å². The van der Waals surface area contributed by atoms with E-state index in [2.05, 4.69) is 116 Å². The molecule has 0 aromatic heterocycles. The molecule has 4 aromatic rings. The predicted octanol–water partition coefficient (Wildman–Crippen LogP) is 7.30. The minimum absolute atomic E-state index is 0. The van der Waals surface area contributed by atoms with Gasteiger partial charge in [-0.15, -0.1) is 18.5 Å². The molecule has 0 aliphatic carbocycles. The van der Waals surface area contributed by atoms with Gasteiger partial charge in [-0.3, -0.25) is 0 Å². The summed E-state index contributed by atoms with van der Waals surface area (Å²) in [5.74, 6) is 0. The van der Waals surface area contributed by atoms with E-state index in [0.717, 1.165) is 0 Å². The van der Waals surface area contributed by atoms with Crippen LogP contribution >= 0.6 is 18.5 Å². The van der Waals surface area contributed by atoms with Crippen molar-refractivity contribution in [3.8, 4) is 0 Å². The molecule has 4 rings (SSSR count). The van der Waals surface area contributed by atoms with Crippen LogP contribution in [-0.4, -0.2) is 0 Å². The molecular weight excluding hydrogens is 481 g/mol. The fourth-order valence-electron chi connectivity index (χ4n) is 3.03. The van der Waals surface area contributed by atoms with Crippen LogP contribution in [0.4, 0.5) is 0 Å². The molecule has 0 aliphatic heterocycles. The summed E-state index contributed by atoms with van der Waals surface area (Å²) in [5, 5.41) is 0. The minimum Gasteiger partial charge on any atom is -0.125 e. The third-order valence-corrected chi connectivity index (χ3v) is 6.17. The minimum atomic E-state index is 0. The maximum absolute atomic E-state index is 2.89. The zero-order valence-electron chi connectivity index (χ0n) is 16.2. The maximum atomic E-state index is 2.89. The second kappa shape index (κ2) is 12.9. The van der Waals surface area contributed by atoms with Crippen LogP contribution in [0.2, 0.25) is 0 Å². The van der Waals surface area contributed by atoms with Crippen LogP contribution in [0, 0.1) is 0 Å². The fourth-order valence-corrected chi connectivity index (χ4v) is 3.92. The Hall–Kier alpha value is -1.60. The van der Waals surface area contributed by atoms with Crippen LogP contribution in [0.15, 0.2) is 121 Å². The van der Waals surface area contributed by atoms with E-state index < -0.39 is 0 Å². The monoisotopic (exact) mass is 506 g/mol. The maximum Gasteiger partial charge on any atom is 0.0234 e. The first-order valence-electron chi connectivity index (χ1n) is 9.46. The summed E-state index contributed by atoms with van der Waals surface area (Å²) in [6, 6.07) is 42.1. The van der Waals surface area contributed by atoms with Crippen molar-refractivity contribution in [2.24, 2.45) is 0 Å². The van der Waals surface area contributed by atoms with E-state index in [9.17, 15) is 0 Å². The van der Waals surface area contributed by atoms with Crippen LogP contribution < -0.4 is 0 Å². The van der Waals surface area contributed by atoms with Crippen molar-refractivity contribution in [3.05, 3.63) is 144 Å². The van der Waals surface area contributed by atoms with Gasteiger partial charge in [-0.25, -0.2) is 0 Å². The van der Waals surface area contributed by atoms with E-state index in [0.29, 0.717) is 11.3 Å². The quantitative estimate of drug-likeness (QED) is 0.201. The summed E-state index contributed by atoms with van der Waals surface area (Å²) in [4.78, 5) is 0. The predicted molar refractivity (Wildman–Crippen MR) is 129 cm³/mol. The second-order valence-corrected chi connectivity index (χ2v) is 7.93. The summed E-state index contributed by atoms with van der Waals surface area (Å²) in [6.45, 7) is 0. The summed E-state index contributed by atoms with van der Waals surface area (Å²) in [5.41, 5.74) is 6.15. The topological polar surface area (TPSA) is 0 Å². The second-order valence-electron chi connectivity index (χ2n) is 6.60. The normalized spacial score (nSPS) is 10.1. The molecule has 0 amide bonds. The molecule has 0 bridgehead atoms. The molecule has 2 atom stereocenters. The Morgan fingerprint density at radius 3 is 0.690 bits per heavy atom. The van der Waals surface area contributed by atoms with Crippen LogP contribution in [-0.2, 0) is 20.4 Å². The van der Waals surface area contributed by atoms with Gasteiger partial charge in [0.25, 0.3) is 0 Å². The van der Waals surface area contributed by atoms with Crippen molar-refractivity contribution in [1.82, 2.24) is 0 Å². The molecule has 0 aliphatic rings. The number of hydrogen-bond donors (Lipinski definition) is 0. The molecule has 0 saturated carbocycles. The molecule has 0 spiro atoms. The number of hydrogen-bond acceptors (Lipinski definition) is 0. The van der Waals surface area contributed by atoms with Gasteiger partial charge >= 0.3 is 0 Å². The first-order valence-corrected chi connectivity index (χ1v) is 10.8. The summed E-state index contributed by atoms with van der Waals surface area (Å²) in [7, 11) is 5.77. The van der Waals surface area contributed by atoms with Crippen molar-refractivity contribution in [2.75, 3.05) is 0 Å². The zero-order valence-corrected chi connectivity index (χ0v) is 20.0. The van der Waals surface area contributed by atoms with Gasteiger partial charge in [0.1, 0.15) is 0 Å². The zero-order chi connectivity index (χ0) is 19.6. The molecule has 0 heterocycles. The molecular formula is C26H26P2Pd. The molecule has 0 nitrogen and oxygen atoms in total. The SMILES string of the molecule is PC(c1ccccc1)c1ccccc1.PC(c1ccccc1)c1ccccc1.[Pd]. The Morgan fingerprint density at radius 2 is 0.517 bits per heavy atom. The van der Waals surface area contributed by atoms with Crippen molar-refractivity contribution in [2.45, 2.75) is 11.3 Å². The van der Waals surface area contributed by atoms with Crippen molar-refractivity contribution < 1.29 is 20.4 Å². The van der Waals surface area contributed by atoms with Crippen LogP contribution in [0.25, 0.3) is 0 Å². The van der Waals surface area contributed by atoms with Crippen LogP contribution in [0.1, 0.15) is 33.6 Å². The standard InChI is InChI=1S/2C13H13P.Pd/c2*14-13(11-7-3-1-4-8-11)12-9-5-2-6-10-12;/h2*1-10,13H,14H2;. The summed E-state index contributed by atoms with van der Waals surface area (Å²) in [6.07, 6.45) is 0. The van der Waals surface area contributed by atoms with E-state index in [1.807, 2.05) is 24.3 Å². The molecule has 0 radical (unpaired) electrons. The Kier molecular flexibility index (Phi) is 10.5. The smallest absolute Gasteiger partial charge is 0.0234 e. The Balaban J connectivity index is 0.000000200. The molecule has 150 valence electrons. The largest absolute Gasteiger partial charge is 0.125 e. The Labute approximate surface area is 193 Å². The molecule has 4 aromatic carbocycles. The van der Waals surface area contributed by atoms with E-state index in [1.54, 1.807) is 0 Å². The van der Waals surface area contributed by atoms with E-state index in [1.165, 1.54) is 22.3 Å². The molecule has 3 heteroatoms. The Morgan fingerprint density at radius 1 is 0.345 bits per heavy atom.